The molecule has 3 fully saturated rings. The van der Waals surface area contributed by atoms with Crippen molar-refractivity contribution in [3.63, 3.8) is 0 Å². The average molecular weight is 645 g/mol. The van der Waals surface area contributed by atoms with E-state index in [9.17, 15) is 0 Å². The van der Waals surface area contributed by atoms with Gasteiger partial charge in [0.1, 0.15) is 0 Å². The van der Waals surface area contributed by atoms with Crippen LogP contribution in [0.15, 0.2) is 91.2 Å². The van der Waals surface area contributed by atoms with Crippen molar-refractivity contribution in [1.29, 1.82) is 0 Å². The molecule has 0 amide bonds. The van der Waals surface area contributed by atoms with Crippen LogP contribution in [0, 0.1) is 18.3 Å². The molecule has 4 heteroatoms. The Bertz CT molecular complexity index is 1550. The number of likely N-dealkylation sites (tertiary alicyclic amines) is 1. The topological polar surface area (TPSA) is 41.0 Å². The maximum Gasteiger partial charge on any atom is 0.155 e. The Morgan fingerprint density at radius 1 is 0.958 bits per heavy atom. The number of hydrogen-bond donors (Lipinski definition) is 1. The molecule has 2 heterocycles. The van der Waals surface area contributed by atoms with E-state index in [1.807, 2.05) is 26.1 Å². The molecule has 0 unspecified atom stereocenters. The standard InChI is InChI=1S/C35H42N4.C7H12.C2H6/c1-6-8-30(9-7-2)34-36-19-18-32(38-34)26(4)37-22-27-12-16-29(17-13-27)33(28-14-10-25(3)11-15-28)31-20-35(21-31)23-39(5)24-35;1-6(2)7-4-3-5-7;1-2/h8,10-19,37H,4,6-7,9,20-24H2,1-3,5H3;7H,1,3-5H2,2H3;1-2H3/b30-8+;;. The Hall–Kier alpha value is -3.76. The van der Waals surface area contributed by atoms with E-state index >= 15 is 0 Å². The van der Waals surface area contributed by atoms with Crippen molar-refractivity contribution in [3.05, 3.63) is 125 Å². The molecule has 48 heavy (non-hydrogen) atoms. The molecule has 0 radical (unpaired) electrons. The smallest absolute Gasteiger partial charge is 0.155 e. The van der Waals surface area contributed by atoms with Crippen molar-refractivity contribution >= 4 is 16.8 Å². The van der Waals surface area contributed by atoms with Gasteiger partial charge in [0.15, 0.2) is 5.82 Å². The minimum Gasteiger partial charge on any atom is -0.380 e. The highest BCUT2D eigenvalue weighted by Gasteiger charge is 2.49. The number of benzene rings is 2. The molecule has 4 nitrogen and oxygen atoms in total. The summed E-state index contributed by atoms with van der Waals surface area (Å²) in [5, 5.41) is 3.49. The molecule has 2 aromatic carbocycles. The van der Waals surface area contributed by atoms with E-state index in [4.69, 9.17) is 4.98 Å². The number of hydrogen-bond acceptors (Lipinski definition) is 4. The third kappa shape index (κ3) is 9.44. The van der Waals surface area contributed by atoms with Gasteiger partial charge >= 0.3 is 0 Å². The highest BCUT2D eigenvalue weighted by molar-refractivity contribution is 5.83. The lowest BCUT2D eigenvalue weighted by molar-refractivity contribution is -0.0106. The summed E-state index contributed by atoms with van der Waals surface area (Å²) in [5.74, 6) is 1.70. The second-order valence-electron chi connectivity index (χ2n) is 14.0. The van der Waals surface area contributed by atoms with Gasteiger partial charge in [0, 0.05) is 31.2 Å². The predicted octanol–water partition coefficient (Wildman–Crippen LogP) is 11.1. The first-order valence-electron chi connectivity index (χ1n) is 18.4. The Morgan fingerprint density at radius 3 is 2.08 bits per heavy atom. The zero-order valence-electron chi connectivity index (χ0n) is 31.0. The number of nitrogens with zero attached hydrogens (tertiary/aromatic N) is 3. The number of aryl methyl sites for hydroxylation is 1. The first kappa shape index (κ1) is 37.1. The Kier molecular flexibility index (Phi) is 13.6. The molecule has 1 spiro atoms. The number of rotatable bonds is 11. The van der Waals surface area contributed by atoms with Gasteiger partial charge in [-0.05, 0) is 99.2 Å². The normalized spacial score (nSPS) is 16.6. The lowest BCUT2D eigenvalue weighted by Crippen LogP contribution is -2.58. The van der Waals surface area contributed by atoms with Crippen molar-refractivity contribution < 1.29 is 0 Å². The van der Waals surface area contributed by atoms with Gasteiger partial charge in [-0.2, -0.15) is 0 Å². The Morgan fingerprint density at radius 2 is 1.58 bits per heavy atom. The molecule has 2 aliphatic carbocycles. The van der Waals surface area contributed by atoms with Gasteiger partial charge in [-0.3, -0.25) is 0 Å². The average Bonchev–Trinajstić information content (AvgIpc) is 3.03. The van der Waals surface area contributed by atoms with Crippen LogP contribution < -0.4 is 5.32 Å². The molecular weight excluding hydrogens is 585 g/mol. The van der Waals surface area contributed by atoms with Crippen LogP contribution in [0.4, 0.5) is 0 Å². The van der Waals surface area contributed by atoms with Crippen molar-refractivity contribution in [3.8, 4) is 0 Å². The van der Waals surface area contributed by atoms with Crippen LogP contribution in [0.3, 0.4) is 0 Å². The molecule has 0 atom stereocenters. The maximum absolute atomic E-state index is 4.81. The highest BCUT2D eigenvalue weighted by Crippen LogP contribution is 2.54. The van der Waals surface area contributed by atoms with E-state index in [2.05, 4.69) is 118 Å². The van der Waals surface area contributed by atoms with Gasteiger partial charge < -0.3 is 10.2 Å². The van der Waals surface area contributed by atoms with E-state index in [0.29, 0.717) is 12.0 Å². The summed E-state index contributed by atoms with van der Waals surface area (Å²) in [6.45, 7) is 23.9. The van der Waals surface area contributed by atoms with Gasteiger partial charge in [-0.1, -0.05) is 125 Å². The van der Waals surface area contributed by atoms with Crippen molar-refractivity contribution in [1.82, 2.24) is 20.2 Å². The molecule has 256 valence electrons. The van der Waals surface area contributed by atoms with E-state index < -0.39 is 0 Å². The first-order valence-corrected chi connectivity index (χ1v) is 18.4. The summed E-state index contributed by atoms with van der Waals surface area (Å²) in [7, 11) is 2.23. The third-order valence-corrected chi connectivity index (χ3v) is 9.85. The van der Waals surface area contributed by atoms with Crippen LogP contribution in [0.25, 0.3) is 16.8 Å². The van der Waals surface area contributed by atoms with Crippen molar-refractivity contribution in [2.24, 2.45) is 11.3 Å². The van der Waals surface area contributed by atoms with Gasteiger partial charge in [0.05, 0.1) is 11.4 Å². The third-order valence-electron chi connectivity index (χ3n) is 9.85. The maximum atomic E-state index is 4.81. The van der Waals surface area contributed by atoms with Crippen LogP contribution in [-0.2, 0) is 6.54 Å². The molecule has 1 aliphatic heterocycles. The molecule has 1 aromatic heterocycles. The molecule has 3 aliphatic rings. The summed E-state index contributed by atoms with van der Waals surface area (Å²) >= 11 is 0. The van der Waals surface area contributed by atoms with Gasteiger partial charge in [0.25, 0.3) is 0 Å². The number of allylic oxidation sites excluding steroid dienone is 4. The molecule has 2 saturated carbocycles. The zero-order chi connectivity index (χ0) is 34.7. The largest absolute Gasteiger partial charge is 0.380 e. The second-order valence-corrected chi connectivity index (χ2v) is 14.0. The molecule has 1 saturated heterocycles. The molecule has 3 aromatic rings. The van der Waals surface area contributed by atoms with Crippen molar-refractivity contribution in [2.45, 2.75) is 99.5 Å². The van der Waals surface area contributed by atoms with E-state index in [1.165, 1.54) is 84.2 Å². The summed E-state index contributed by atoms with van der Waals surface area (Å²) < 4.78 is 0. The number of nitrogens with one attached hydrogen (secondary N) is 1. The monoisotopic (exact) mass is 644 g/mol. The minimum absolute atomic E-state index is 0.523. The summed E-state index contributed by atoms with van der Waals surface area (Å²) in [6, 6.07) is 20.0. The summed E-state index contributed by atoms with van der Waals surface area (Å²) in [5.41, 5.74) is 13.0. The molecule has 6 rings (SSSR count). The minimum atomic E-state index is 0.523. The fraction of sp³-hybridized carbons (Fsp3) is 0.455. The number of aromatic nitrogens is 2. The van der Waals surface area contributed by atoms with Crippen LogP contribution in [0.2, 0.25) is 0 Å². The van der Waals surface area contributed by atoms with E-state index in [1.54, 1.807) is 5.57 Å². The van der Waals surface area contributed by atoms with Crippen LogP contribution in [-0.4, -0.2) is 35.0 Å². The molecular formula is C44H60N4. The fourth-order valence-corrected chi connectivity index (χ4v) is 7.14. The predicted molar refractivity (Wildman–Crippen MR) is 207 cm³/mol. The van der Waals surface area contributed by atoms with Gasteiger partial charge in [-0.25, -0.2) is 9.97 Å². The first-order chi connectivity index (χ1) is 23.2. The summed E-state index contributed by atoms with van der Waals surface area (Å²) in [4.78, 5) is 11.8. The Labute approximate surface area is 292 Å². The SMILES string of the molecule is C=C(C)C1CCC1.C=C(NCc1ccc(C(=C2CC3(C2)CN(C)C3)c2ccc(C)cc2)cc1)c1ccnc(/C(=C/CC)CCC)n1.CC. The lowest BCUT2D eigenvalue weighted by atomic mass is 9.59. The van der Waals surface area contributed by atoms with Crippen LogP contribution >= 0.6 is 0 Å². The highest BCUT2D eigenvalue weighted by atomic mass is 15.2. The van der Waals surface area contributed by atoms with Gasteiger partial charge in [0.2, 0.25) is 0 Å². The molecule has 1 N–H and O–H groups in total. The zero-order valence-corrected chi connectivity index (χ0v) is 31.0. The van der Waals surface area contributed by atoms with Crippen LogP contribution in [0.1, 0.15) is 120 Å². The Balaban J connectivity index is 0.000000507. The van der Waals surface area contributed by atoms with E-state index in [-0.39, 0.29) is 0 Å². The van der Waals surface area contributed by atoms with Crippen LogP contribution in [0.5, 0.6) is 0 Å². The quantitative estimate of drug-likeness (QED) is 0.211. The lowest BCUT2D eigenvalue weighted by Gasteiger charge is -2.56. The van der Waals surface area contributed by atoms with E-state index in [0.717, 1.165) is 42.4 Å². The van der Waals surface area contributed by atoms with Gasteiger partial charge in [-0.15, -0.1) is 0 Å². The second kappa shape index (κ2) is 17.6. The summed E-state index contributed by atoms with van der Waals surface area (Å²) in [6.07, 6.45) is 13.8. The molecule has 0 bridgehead atoms. The fourth-order valence-electron chi connectivity index (χ4n) is 7.14. The van der Waals surface area contributed by atoms with Crippen molar-refractivity contribution in [2.75, 3.05) is 20.1 Å².